The Kier molecular flexibility index (Phi) is 43.9. The number of ketones is 6. The lowest BCUT2D eigenvalue weighted by atomic mass is 9.79. The lowest BCUT2D eigenvalue weighted by Gasteiger charge is -2.34. The molecule has 2 aliphatic carbocycles. The van der Waals surface area contributed by atoms with Gasteiger partial charge in [0.1, 0.15) is 17.3 Å². The molecule has 119 heavy (non-hydrogen) atoms. The molecule has 0 radical (unpaired) electrons. The smallest absolute Gasteiger partial charge is 0.305 e. The monoisotopic (exact) mass is 1660 g/mol. The molecule has 1 unspecified atom stereocenters. The van der Waals surface area contributed by atoms with Gasteiger partial charge in [-0.2, -0.15) is 0 Å². The number of halogens is 1. The van der Waals surface area contributed by atoms with Crippen molar-refractivity contribution >= 4 is 75.6 Å². The lowest BCUT2D eigenvalue weighted by Crippen LogP contribution is -2.43. The van der Waals surface area contributed by atoms with E-state index in [9.17, 15) is 47.9 Å². The number of aliphatic hydroxyl groups is 2. The van der Waals surface area contributed by atoms with Crippen LogP contribution in [-0.2, 0) is 77.8 Å². The third-order valence-electron chi connectivity index (χ3n) is 19.9. The van der Waals surface area contributed by atoms with E-state index in [1.807, 2.05) is 120 Å². The maximum absolute atomic E-state index is 12.5. The fourth-order valence-corrected chi connectivity index (χ4v) is 13.1. The van der Waals surface area contributed by atoms with Crippen molar-refractivity contribution in [2.75, 3.05) is 80.4 Å². The van der Waals surface area contributed by atoms with Gasteiger partial charge in [0.15, 0.2) is 34.7 Å². The third kappa shape index (κ3) is 34.5. The van der Waals surface area contributed by atoms with Crippen LogP contribution in [0.5, 0.6) is 0 Å². The number of aliphatic hydroxyl groups excluding tert-OH is 2. The predicted octanol–water partition coefficient (Wildman–Crippen LogP) is 16.3. The van der Waals surface area contributed by atoms with Crippen LogP contribution < -0.4 is 5.73 Å². The second kappa shape index (κ2) is 52.6. The number of esters is 2. The summed E-state index contributed by atoms with van der Waals surface area (Å²) >= 11 is 5.22. The highest BCUT2D eigenvalue weighted by atomic mass is 35.5. The van der Waals surface area contributed by atoms with Gasteiger partial charge in [-0.15, -0.1) is 0 Å². The van der Waals surface area contributed by atoms with E-state index in [0.29, 0.717) is 132 Å². The second-order valence-electron chi connectivity index (χ2n) is 29.0. The first-order valence-corrected chi connectivity index (χ1v) is 40.3. The average Bonchev–Trinajstić information content (AvgIpc) is 1.72. The molecular formula is C95H117ClN2O21. The molecule has 24 heteroatoms. The molecule has 7 aromatic carbocycles. The molecule has 0 bridgehead atoms. The van der Waals surface area contributed by atoms with E-state index in [0.717, 1.165) is 73.5 Å². The van der Waals surface area contributed by atoms with Crippen LogP contribution in [0.25, 0.3) is 16.9 Å². The van der Waals surface area contributed by atoms with Gasteiger partial charge in [-0.1, -0.05) is 172 Å². The van der Waals surface area contributed by atoms with E-state index in [-0.39, 0.29) is 72.8 Å². The van der Waals surface area contributed by atoms with Crippen molar-refractivity contribution in [2.45, 2.75) is 175 Å². The first kappa shape index (κ1) is 99.3. The summed E-state index contributed by atoms with van der Waals surface area (Å²) in [7, 11) is 4.64. The predicted molar refractivity (Wildman–Crippen MR) is 456 cm³/mol. The number of ether oxygens (including phenoxy) is 9. The lowest BCUT2D eigenvalue weighted by molar-refractivity contribution is -0.185. The zero-order valence-corrected chi connectivity index (χ0v) is 71.3. The summed E-state index contributed by atoms with van der Waals surface area (Å²) in [4.78, 5) is 114. The largest absolute Gasteiger partial charge is 0.469 e. The van der Waals surface area contributed by atoms with Crippen LogP contribution in [0.1, 0.15) is 189 Å². The molecule has 3 aliphatic heterocycles. The Morgan fingerprint density at radius 3 is 1.33 bits per heavy atom. The number of aromatic nitrogens is 1. The Balaban J connectivity index is 0.000000252. The van der Waals surface area contributed by atoms with E-state index in [1.54, 1.807) is 36.4 Å². The fourth-order valence-electron chi connectivity index (χ4n) is 13.0. The maximum Gasteiger partial charge on any atom is 0.305 e. The molecule has 13 rings (SSSR count). The summed E-state index contributed by atoms with van der Waals surface area (Å²) in [6, 6.07) is 58.5. The van der Waals surface area contributed by atoms with Crippen LogP contribution in [0.4, 0.5) is 5.69 Å². The van der Waals surface area contributed by atoms with Crippen molar-refractivity contribution in [2.24, 2.45) is 5.92 Å². The molecule has 4 heterocycles. The molecule has 1 aromatic heterocycles. The zero-order chi connectivity index (χ0) is 87.3. The van der Waals surface area contributed by atoms with Crippen molar-refractivity contribution in [1.82, 2.24) is 4.57 Å². The molecule has 8 aromatic rings. The van der Waals surface area contributed by atoms with E-state index < -0.39 is 28.7 Å². The summed E-state index contributed by atoms with van der Waals surface area (Å²) in [5, 5.41) is 13.6. The Morgan fingerprint density at radius 2 is 0.866 bits per heavy atom. The fraction of sp³-hybridized carbons (Fsp3) is 0.411. The molecule has 0 amide bonds. The standard InChI is InChI=1S/C22H23NO2.C17H22O5.C16H18O4.C15H18O4.C8H7ClO.C8H12O3.C7H9N.2CH4O/c1-17-5-9-19(10-6-17)22-14-13-20(4-3-15-25-16-24)23(22)21-11-7-18(2)8-12-21;1-13-3-5-14(6-4-13)15(18)7-9-17(21-11-12-22-17)10-8-16(19)20-2;1-11-2-4-12(5-3-11)15(18)13-10-16(7-6-14(13)17)19-8-9-20-16;1-11-3-5-12(6-4-11)14(17)9-7-13(16)8-10-15(18)19-2;1-6-2-4-7(5-3-6)8(9)10;9-7-1-3-8(4-2-7)10-5-6-11-8;1-6-2-4-7(8)5-3-6;2*1-2/h5-14,16H,3-4,15H2,1-2H3;3-6H,7-12H2,1-2H3;2-5,13H,6-10H2,1H3;3-6H,7-10H2,1-2H3;2-5H,1H3;1-6H2;2-5H,8H2,1H3;2*2H,1H3. The Labute approximate surface area is 704 Å². The van der Waals surface area contributed by atoms with E-state index in [2.05, 4.69) is 88.6 Å². The summed E-state index contributed by atoms with van der Waals surface area (Å²) in [6.45, 7) is 18.5. The van der Waals surface area contributed by atoms with Crippen LogP contribution in [0, 0.1) is 54.4 Å². The highest BCUT2D eigenvalue weighted by Gasteiger charge is 2.47. The summed E-state index contributed by atoms with van der Waals surface area (Å²) in [6.07, 6.45) is 7.63. The summed E-state index contributed by atoms with van der Waals surface area (Å²) < 4.78 is 49.7. The van der Waals surface area contributed by atoms with Gasteiger partial charge in [-0.3, -0.25) is 47.9 Å². The number of nitrogen functional groups attached to an aromatic ring is 1. The van der Waals surface area contributed by atoms with Gasteiger partial charge in [0.2, 0.25) is 0 Å². The molecule has 1 atom stereocenters. The topological polar surface area (TPSA) is 325 Å². The minimum atomic E-state index is -0.839. The van der Waals surface area contributed by atoms with Crippen LogP contribution in [0.2, 0.25) is 0 Å². The van der Waals surface area contributed by atoms with Crippen LogP contribution in [0.3, 0.4) is 0 Å². The van der Waals surface area contributed by atoms with Crippen LogP contribution in [-0.4, -0.2) is 165 Å². The van der Waals surface area contributed by atoms with Crippen molar-refractivity contribution in [3.63, 3.8) is 0 Å². The molecule has 5 aliphatic rings. The first-order valence-electron chi connectivity index (χ1n) is 39.9. The summed E-state index contributed by atoms with van der Waals surface area (Å²) in [5.74, 6) is -3.12. The van der Waals surface area contributed by atoms with Gasteiger partial charge in [-0.05, 0) is 127 Å². The number of rotatable bonds is 24. The highest BCUT2D eigenvalue weighted by Crippen LogP contribution is 2.39. The van der Waals surface area contributed by atoms with Crippen LogP contribution >= 0.6 is 11.6 Å². The van der Waals surface area contributed by atoms with Crippen molar-refractivity contribution in [3.8, 4) is 16.9 Å². The number of anilines is 1. The number of hydrogen-bond acceptors (Lipinski definition) is 22. The van der Waals surface area contributed by atoms with E-state index >= 15 is 0 Å². The van der Waals surface area contributed by atoms with Gasteiger partial charge < -0.3 is 63.1 Å². The number of benzene rings is 7. The zero-order valence-electron chi connectivity index (χ0n) is 70.5. The van der Waals surface area contributed by atoms with E-state index in [1.165, 1.54) is 47.9 Å². The van der Waals surface area contributed by atoms with Crippen molar-refractivity contribution in [3.05, 3.63) is 249 Å². The summed E-state index contributed by atoms with van der Waals surface area (Å²) in [5.41, 5.74) is 21.6. The molecule has 5 fully saturated rings. The molecule has 3 saturated heterocycles. The highest BCUT2D eigenvalue weighted by molar-refractivity contribution is 6.67. The SMILES string of the molecule is CO.CO.COC(=O)CCC(=O)CCC(=O)c1ccc(C)cc1.COC(=O)CCC1(CCC(=O)c2ccc(C)cc2)OCCO1.Cc1ccc(-c2ccc(CCCOC=O)n2-c2ccc(C)cc2)cc1.Cc1ccc(C(=O)C2CC3(CCC2=O)OCCO3)cc1.Cc1ccc(C(=O)Cl)cc1.Cc1ccc(N)cc1.O=C1CCC2(CC1)OCCO2. The molecular weight excluding hydrogens is 1540 g/mol. The van der Waals surface area contributed by atoms with E-state index in [4.69, 9.17) is 60.7 Å². The normalized spacial score (nSPS) is 15.3. The number of hydrogen-bond donors (Lipinski definition) is 3. The number of Topliss-reactive ketones (excluding diaryl/α,β-unsaturated/α-hetero) is 6. The number of methoxy groups -OCH3 is 2. The number of carbonyl (C=O) groups excluding carboxylic acids is 10. The number of aryl methyl sites for hydroxylation is 8. The van der Waals surface area contributed by atoms with Crippen molar-refractivity contribution < 1.29 is 101 Å². The number of carbonyl (C=O) groups is 10. The first-order chi connectivity index (χ1) is 57.1. The Hall–Kier alpha value is -10.3. The maximum atomic E-state index is 12.5. The van der Waals surface area contributed by atoms with Gasteiger partial charge in [-0.25, -0.2) is 0 Å². The quantitative estimate of drug-likeness (QED) is 0.00739. The number of nitrogens with zero attached hydrogens (tertiary/aromatic N) is 1. The molecule has 2 spiro atoms. The van der Waals surface area contributed by atoms with Gasteiger partial charge >= 0.3 is 11.9 Å². The Bertz CT molecular complexity index is 4410. The number of nitrogens with two attached hydrogens (primary N) is 1. The average molecular weight is 1660 g/mol. The molecule has 640 valence electrons. The second-order valence-corrected chi connectivity index (χ2v) is 29.3. The third-order valence-corrected chi connectivity index (χ3v) is 20.1. The molecule has 23 nitrogen and oxygen atoms in total. The Morgan fingerprint density at radius 1 is 0.471 bits per heavy atom. The minimum absolute atomic E-state index is 0.000278. The minimum Gasteiger partial charge on any atom is -0.469 e. The van der Waals surface area contributed by atoms with Gasteiger partial charge in [0, 0.05) is 137 Å². The molecule has 2 saturated carbocycles. The van der Waals surface area contributed by atoms with Crippen molar-refractivity contribution in [1.29, 1.82) is 0 Å². The molecule has 4 N–H and O–H groups in total. The van der Waals surface area contributed by atoms with Gasteiger partial charge in [0.05, 0.1) is 84.9 Å². The van der Waals surface area contributed by atoms with Gasteiger partial charge in [0.25, 0.3) is 11.7 Å². The van der Waals surface area contributed by atoms with Crippen LogP contribution in [0.15, 0.2) is 182 Å².